The Balaban J connectivity index is 1.35. The van der Waals surface area contributed by atoms with Crippen LogP contribution in [0.2, 0.25) is 0 Å². The number of fused-ring (bicyclic) bond motifs is 1. The van der Waals surface area contributed by atoms with Crippen molar-refractivity contribution < 1.29 is 39.5 Å². The fraction of sp³-hybridized carbons (Fsp3) is 0.258. The number of allylic oxidation sites excluding steroid dienone is 1. The molecule has 0 spiro atoms. The van der Waals surface area contributed by atoms with E-state index in [0.717, 1.165) is 22.1 Å². The quantitative estimate of drug-likeness (QED) is 0.0407. The van der Waals surface area contributed by atoms with Crippen molar-refractivity contribution in [1.29, 1.82) is 0 Å². The number of hydrogen-bond acceptors (Lipinski definition) is 13. The minimum absolute atomic E-state index is 0.0876. The van der Waals surface area contributed by atoms with Crippen LogP contribution in [0.3, 0.4) is 0 Å². The number of β-lactam (4-membered cyclic amide) rings is 1. The number of benzene rings is 3. The Bertz CT molecular complexity index is 1990. The molecule has 11 nitrogen and oxygen atoms in total. The summed E-state index contributed by atoms with van der Waals surface area (Å²) in [7, 11) is -5.12. The predicted molar refractivity (Wildman–Crippen MR) is 182 cm³/mol. The Labute approximate surface area is 285 Å². The highest BCUT2D eigenvalue weighted by atomic mass is 33.1. The number of rotatable bonds is 13. The van der Waals surface area contributed by atoms with Crippen LogP contribution in [-0.4, -0.2) is 62.9 Å². The van der Waals surface area contributed by atoms with Crippen LogP contribution in [0.25, 0.3) is 10.2 Å². The number of carbonyl (C=O) groups excluding carboxylic acids is 2. The normalized spacial score (nSPS) is 16.5. The van der Waals surface area contributed by atoms with Crippen LogP contribution in [0.4, 0.5) is 0 Å². The summed E-state index contributed by atoms with van der Waals surface area (Å²) in [6, 6.07) is 23.7. The van der Waals surface area contributed by atoms with Crippen molar-refractivity contribution in [3.8, 4) is 0 Å². The number of nitrogens with zero attached hydrogens (tertiary/aromatic N) is 2. The molecule has 4 aromatic rings. The predicted octanol–water partition coefficient (Wildman–Crippen LogP) is 5.83. The van der Waals surface area contributed by atoms with Crippen LogP contribution in [-0.2, 0) is 42.9 Å². The number of hydrogen-bond donors (Lipinski definition) is 0. The van der Waals surface area contributed by atoms with Crippen LogP contribution >= 0.6 is 32.9 Å². The lowest BCUT2D eigenvalue weighted by atomic mass is 10.0. The molecule has 16 heteroatoms. The van der Waals surface area contributed by atoms with Crippen molar-refractivity contribution in [3.05, 3.63) is 106 Å². The molecule has 2 heterocycles. The molecule has 1 aliphatic heterocycles. The summed E-state index contributed by atoms with van der Waals surface area (Å²) < 4.78 is 64.2. The first-order valence-corrected chi connectivity index (χ1v) is 20.7. The Morgan fingerprint density at radius 3 is 2.11 bits per heavy atom. The number of amides is 1. The first kappa shape index (κ1) is 34.9. The molecule has 0 bridgehead atoms. The van der Waals surface area contributed by atoms with E-state index < -0.39 is 49.6 Å². The number of thiazole rings is 1. The first-order valence-electron chi connectivity index (χ1n) is 14.0. The van der Waals surface area contributed by atoms with Crippen LogP contribution in [0.5, 0.6) is 0 Å². The number of para-hydroxylation sites is 1. The van der Waals surface area contributed by atoms with Gasteiger partial charge in [-0.25, -0.2) is 9.78 Å². The molecule has 1 fully saturated rings. The summed E-state index contributed by atoms with van der Waals surface area (Å²) >= 11 is 1.31. The van der Waals surface area contributed by atoms with E-state index in [9.17, 15) is 26.4 Å². The second-order valence-corrected chi connectivity index (χ2v) is 17.2. The lowest BCUT2D eigenvalue weighted by Gasteiger charge is -2.38. The Morgan fingerprint density at radius 1 is 0.936 bits per heavy atom. The van der Waals surface area contributed by atoms with Gasteiger partial charge in [0.1, 0.15) is 22.1 Å². The molecular formula is C31H30N2O9S5. The molecule has 2 atom stereocenters. The van der Waals surface area contributed by atoms with Gasteiger partial charge in [-0.1, -0.05) is 88.3 Å². The molecule has 1 saturated heterocycles. The van der Waals surface area contributed by atoms with Crippen LogP contribution in [0.1, 0.15) is 42.2 Å². The van der Waals surface area contributed by atoms with Gasteiger partial charge in [0.05, 0.1) is 22.7 Å². The SMILES string of the molecule is C/C(OS(C)(=O)=O)=C(\C(=O)OC(c1ccccc1)c1ccccc1)N1C[C@H](SSc2cccc3sc([C@@H](C)OS(C)(=O)=O)nc23)C1=O. The summed E-state index contributed by atoms with van der Waals surface area (Å²) in [4.78, 5) is 33.8. The molecule has 1 aromatic heterocycles. The summed E-state index contributed by atoms with van der Waals surface area (Å²) in [6.45, 7) is 2.99. The average molecular weight is 735 g/mol. The Kier molecular flexibility index (Phi) is 10.7. The van der Waals surface area contributed by atoms with E-state index in [2.05, 4.69) is 4.98 Å². The molecule has 1 aliphatic rings. The van der Waals surface area contributed by atoms with Crippen LogP contribution in [0, 0.1) is 0 Å². The van der Waals surface area contributed by atoms with E-state index >= 15 is 0 Å². The molecule has 5 rings (SSSR count). The van der Waals surface area contributed by atoms with E-state index in [1.807, 2.05) is 54.6 Å². The third kappa shape index (κ3) is 8.74. The van der Waals surface area contributed by atoms with E-state index in [-0.39, 0.29) is 18.0 Å². The van der Waals surface area contributed by atoms with Crippen molar-refractivity contribution >= 4 is 75.3 Å². The monoisotopic (exact) mass is 734 g/mol. The molecular weight excluding hydrogens is 705 g/mol. The zero-order chi connectivity index (χ0) is 33.9. The smallest absolute Gasteiger partial charge is 0.359 e. The van der Waals surface area contributed by atoms with Crippen molar-refractivity contribution in [2.45, 2.75) is 36.2 Å². The summed E-state index contributed by atoms with van der Waals surface area (Å²) in [5, 5.41) is -0.0814. The minimum Gasteiger partial charge on any atom is -0.448 e. The molecule has 1 amide bonds. The standard InChI is InChI=1S/C31H30N2O9S5/c1-19(41-46(3,36)37)27(31(35)40-28(21-12-7-5-8-13-21)22-14-9-6-10-15-22)33-18-25(30(33)34)45-44-24-17-11-16-23-26(24)32-29(43-23)20(2)42-47(4,38)39/h5-17,20,25,28H,18H2,1-4H3/b27-19-/t20-,25+/m1/s1. The lowest BCUT2D eigenvalue weighted by Crippen LogP contribution is -2.55. The maximum Gasteiger partial charge on any atom is 0.359 e. The van der Waals surface area contributed by atoms with E-state index in [1.165, 1.54) is 44.7 Å². The molecule has 0 saturated carbocycles. The van der Waals surface area contributed by atoms with Gasteiger partial charge in [-0.15, -0.1) is 11.3 Å². The maximum absolute atomic E-state index is 13.8. The van der Waals surface area contributed by atoms with Crippen molar-refractivity contribution in [2.75, 3.05) is 19.1 Å². The number of ether oxygens (including phenoxy) is 1. The fourth-order valence-corrected chi connectivity index (χ4v) is 9.47. The maximum atomic E-state index is 13.8. The van der Waals surface area contributed by atoms with Crippen molar-refractivity contribution in [2.24, 2.45) is 0 Å². The Morgan fingerprint density at radius 2 is 1.55 bits per heavy atom. The second kappa shape index (κ2) is 14.4. The fourth-order valence-electron chi connectivity index (χ4n) is 4.72. The largest absolute Gasteiger partial charge is 0.448 e. The summed E-state index contributed by atoms with van der Waals surface area (Å²) in [5.74, 6) is -1.63. The molecule has 0 unspecified atom stereocenters. The van der Waals surface area contributed by atoms with Crippen LogP contribution in [0.15, 0.2) is 95.2 Å². The average Bonchev–Trinajstić information content (AvgIpc) is 3.46. The first-order chi connectivity index (χ1) is 22.2. The topological polar surface area (TPSA) is 146 Å². The lowest BCUT2D eigenvalue weighted by molar-refractivity contribution is -0.150. The highest BCUT2D eigenvalue weighted by Gasteiger charge is 2.44. The van der Waals surface area contributed by atoms with Crippen molar-refractivity contribution in [3.63, 3.8) is 0 Å². The molecule has 3 aromatic carbocycles. The van der Waals surface area contributed by atoms with Gasteiger partial charge in [0.2, 0.25) is 5.91 Å². The zero-order valence-electron chi connectivity index (χ0n) is 25.6. The van der Waals surface area contributed by atoms with Gasteiger partial charge in [0, 0.05) is 11.4 Å². The van der Waals surface area contributed by atoms with Gasteiger partial charge in [0.15, 0.2) is 11.8 Å². The second-order valence-electron chi connectivity index (χ2n) is 10.5. The van der Waals surface area contributed by atoms with E-state index in [4.69, 9.17) is 13.1 Å². The molecule has 47 heavy (non-hydrogen) atoms. The minimum atomic E-state index is -4.03. The van der Waals surface area contributed by atoms with Crippen molar-refractivity contribution in [1.82, 2.24) is 9.88 Å². The van der Waals surface area contributed by atoms with E-state index in [1.54, 1.807) is 31.2 Å². The number of likely N-dealkylation sites (tertiary alicyclic amines) is 1. The number of esters is 1. The van der Waals surface area contributed by atoms with Gasteiger partial charge in [-0.05, 0) is 37.1 Å². The van der Waals surface area contributed by atoms with Gasteiger partial charge in [-0.2, -0.15) is 16.8 Å². The van der Waals surface area contributed by atoms with Gasteiger partial charge < -0.3 is 13.8 Å². The molecule has 0 aliphatic carbocycles. The third-order valence-electron chi connectivity index (χ3n) is 6.71. The summed E-state index contributed by atoms with van der Waals surface area (Å²) in [6.07, 6.45) is 0.229. The highest BCUT2D eigenvalue weighted by molar-refractivity contribution is 8.77. The Hall–Kier alpha value is -3.41. The van der Waals surface area contributed by atoms with Gasteiger partial charge in [-0.3, -0.25) is 8.98 Å². The molecule has 0 radical (unpaired) electrons. The van der Waals surface area contributed by atoms with Gasteiger partial charge in [0.25, 0.3) is 10.1 Å². The highest BCUT2D eigenvalue weighted by Crippen LogP contribution is 2.44. The van der Waals surface area contributed by atoms with Gasteiger partial charge >= 0.3 is 16.1 Å². The number of aromatic nitrogens is 1. The molecule has 0 N–H and O–H groups in total. The molecule has 248 valence electrons. The van der Waals surface area contributed by atoms with E-state index in [0.29, 0.717) is 21.7 Å². The third-order valence-corrected chi connectivity index (χ3v) is 11.8. The van der Waals surface area contributed by atoms with Crippen LogP contribution < -0.4 is 0 Å². The number of carbonyl (C=O) groups is 2. The zero-order valence-corrected chi connectivity index (χ0v) is 29.6. The summed E-state index contributed by atoms with van der Waals surface area (Å²) in [5.41, 5.74) is 1.71.